The molecule has 0 amide bonds. The molecule has 0 bridgehead atoms. The van der Waals surface area contributed by atoms with Crippen LogP contribution in [0.1, 0.15) is 22.8 Å². The van der Waals surface area contributed by atoms with Crippen LogP contribution in [-0.4, -0.2) is 31.3 Å². The molecule has 8 heteroatoms. The fourth-order valence-electron chi connectivity index (χ4n) is 2.48. The first-order chi connectivity index (χ1) is 13.4. The number of alkyl halides is 2. The highest BCUT2D eigenvalue weighted by Crippen LogP contribution is 2.32. The number of carbonyl (C=O) groups is 2. The number of rotatable bonds is 7. The molecule has 1 heterocycles. The van der Waals surface area contributed by atoms with Crippen molar-refractivity contribution in [2.75, 3.05) is 6.79 Å². The van der Waals surface area contributed by atoms with E-state index in [-0.39, 0.29) is 18.1 Å². The maximum absolute atomic E-state index is 12.3. The predicted octanol–water partition coefficient (Wildman–Crippen LogP) is 3.84. The normalized spacial score (nSPS) is 13.6. The Morgan fingerprint density at radius 3 is 2.50 bits per heavy atom. The fraction of sp³-hybridized carbons (Fsp3) is 0.200. The number of Topliss-reactive ketones (excluding diaryl/α,β-unsaturated/α-hetero) is 1. The summed E-state index contributed by atoms with van der Waals surface area (Å²) in [4.78, 5) is 24.2. The second-order valence-corrected chi connectivity index (χ2v) is 5.79. The second-order valence-electron chi connectivity index (χ2n) is 5.79. The Morgan fingerprint density at radius 1 is 1.07 bits per heavy atom. The van der Waals surface area contributed by atoms with Gasteiger partial charge in [0.05, 0.1) is 0 Å². The molecule has 0 saturated heterocycles. The summed E-state index contributed by atoms with van der Waals surface area (Å²) in [5.41, 5.74) is 0.913. The third kappa shape index (κ3) is 4.85. The summed E-state index contributed by atoms with van der Waals surface area (Å²) >= 11 is 0. The lowest BCUT2D eigenvalue weighted by Gasteiger charge is -2.11. The quantitative estimate of drug-likeness (QED) is 0.406. The number of halogens is 2. The third-order valence-electron chi connectivity index (χ3n) is 3.83. The molecule has 28 heavy (non-hydrogen) atoms. The number of benzene rings is 2. The van der Waals surface area contributed by atoms with Crippen LogP contribution in [0.4, 0.5) is 8.78 Å². The van der Waals surface area contributed by atoms with E-state index < -0.39 is 24.5 Å². The Kier molecular flexibility index (Phi) is 5.88. The van der Waals surface area contributed by atoms with Gasteiger partial charge in [0, 0.05) is 11.6 Å². The number of carbonyl (C=O) groups excluding carboxylic acids is 2. The fourth-order valence-corrected chi connectivity index (χ4v) is 2.48. The minimum absolute atomic E-state index is 0.0668. The van der Waals surface area contributed by atoms with E-state index in [2.05, 4.69) is 4.74 Å². The molecule has 0 N–H and O–H groups in total. The summed E-state index contributed by atoms with van der Waals surface area (Å²) in [5, 5.41) is 0. The monoisotopic (exact) mass is 390 g/mol. The SMILES string of the molecule is C[C@@H](OC(=O)/C=C/c1ccc2c(c1)OCO2)C(=O)c1ccc(OC(F)F)cc1. The van der Waals surface area contributed by atoms with Gasteiger partial charge in [-0.3, -0.25) is 4.79 Å². The van der Waals surface area contributed by atoms with Crippen molar-refractivity contribution in [3.05, 3.63) is 59.7 Å². The molecule has 1 aliphatic rings. The van der Waals surface area contributed by atoms with Gasteiger partial charge in [-0.15, -0.1) is 0 Å². The minimum Gasteiger partial charge on any atom is -0.454 e. The van der Waals surface area contributed by atoms with Crippen molar-refractivity contribution in [2.45, 2.75) is 19.6 Å². The van der Waals surface area contributed by atoms with Crippen molar-refractivity contribution in [3.63, 3.8) is 0 Å². The Morgan fingerprint density at radius 2 is 1.79 bits per heavy atom. The van der Waals surface area contributed by atoms with E-state index in [9.17, 15) is 18.4 Å². The first-order valence-corrected chi connectivity index (χ1v) is 8.30. The maximum atomic E-state index is 12.3. The number of hydrogen-bond acceptors (Lipinski definition) is 6. The van der Waals surface area contributed by atoms with Crippen LogP contribution in [-0.2, 0) is 9.53 Å². The second kappa shape index (κ2) is 8.51. The molecular formula is C20H16F2O6. The Balaban J connectivity index is 1.56. The highest BCUT2D eigenvalue weighted by Gasteiger charge is 2.19. The topological polar surface area (TPSA) is 71.1 Å². The van der Waals surface area contributed by atoms with Gasteiger partial charge in [0.2, 0.25) is 12.6 Å². The average molecular weight is 390 g/mol. The molecule has 0 aromatic heterocycles. The molecule has 3 rings (SSSR count). The third-order valence-corrected chi connectivity index (χ3v) is 3.83. The van der Waals surface area contributed by atoms with E-state index in [4.69, 9.17) is 14.2 Å². The molecule has 146 valence electrons. The van der Waals surface area contributed by atoms with E-state index >= 15 is 0 Å². The Bertz CT molecular complexity index is 892. The summed E-state index contributed by atoms with van der Waals surface area (Å²) in [7, 11) is 0. The molecule has 1 atom stereocenters. The lowest BCUT2D eigenvalue weighted by Crippen LogP contribution is -2.23. The van der Waals surface area contributed by atoms with Crippen LogP contribution in [0.15, 0.2) is 48.5 Å². The molecule has 2 aromatic carbocycles. The zero-order valence-electron chi connectivity index (χ0n) is 14.8. The van der Waals surface area contributed by atoms with E-state index in [1.54, 1.807) is 18.2 Å². The standard InChI is InChI=1S/C20H16F2O6/c1-12(19(24)14-4-6-15(7-5-14)28-20(21)22)27-18(23)9-3-13-2-8-16-17(10-13)26-11-25-16/h2-10,12,20H,11H2,1H3/b9-3+/t12-/m1/s1. The van der Waals surface area contributed by atoms with Crippen LogP contribution >= 0.6 is 0 Å². The number of ether oxygens (including phenoxy) is 4. The van der Waals surface area contributed by atoms with Gasteiger partial charge in [-0.1, -0.05) is 6.07 Å². The van der Waals surface area contributed by atoms with Gasteiger partial charge in [-0.2, -0.15) is 8.78 Å². The van der Waals surface area contributed by atoms with Gasteiger partial charge in [0.25, 0.3) is 0 Å². The predicted molar refractivity (Wildman–Crippen MR) is 94.6 cm³/mol. The van der Waals surface area contributed by atoms with Crippen LogP contribution in [0.3, 0.4) is 0 Å². The number of esters is 1. The van der Waals surface area contributed by atoms with Crippen LogP contribution in [0.5, 0.6) is 17.2 Å². The molecule has 1 aliphatic heterocycles. The molecule has 0 saturated carbocycles. The van der Waals surface area contributed by atoms with Crippen molar-refractivity contribution >= 4 is 17.8 Å². The van der Waals surface area contributed by atoms with Gasteiger partial charge in [0.15, 0.2) is 17.6 Å². The molecule has 0 radical (unpaired) electrons. The summed E-state index contributed by atoms with van der Waals surface area (Å²) in [6, 6.07) is 10.3. The largest absolute Gasteiger partial charge is 0.454 e. The van der Waals surface area contributed by atoms with Crippen LogP contribution in [0.25, 0.3) is 6.08 Å². The molecule has 2 aromatic rings. The lowest BCUT2D eigenvalue weighted by atomic mass is 10.1. The van der Waals surface area contributed by atoms with Gasteiger partial charge < -0.3 is 18.9 Å². The highest BCUT2D eigenvalue weighted by atomic mass is 19.3. The van der Waals surface area contributed by atoms with Crippen molar-refractivity contribution in [3.8, 4) is 17.2 Å². The van der Waals surface area contributed by atoms with E-state index in [1.165, 1.54) is 43.3 Å². The molecule has 6 nitrogen and oxygen atoms in total. The van der Waals surface area contributed by atoms with Gasteiger partial charge in [-0.05, 0) is 55.0 Å². The van der Waals surface area contributed by atoms with Crippen LogP contribution in [0.2, 0.25) is 0 Å². The van der Waals surface area contributed by atoms with Gasteiger partial charge in [-0.25, -0.2) is 4.79 Å². The molecular weight excluding hydrogens is 374 g/mol. The summed E-state index contributed by atoms with van der Waals surface area (Å²) < 4.78 is 44.1. The summed E-state index contributed by atoms with van der Waals surface area (Å²) in [5.74, 6) is -0.0188. The average Bonchev–Trinajstić information content (AvgIpc) is 3.13. The molecule has 0 fully saturated rings. The van der Waals surface area contributed by atoms with Gasteiger partial charge in [0.1, 0.15) is 5.75 Å². The summed E-state index contributed by atoms with van der Waals surface area (Å²) in [6.45, 7) is -1.37. The maximum Gasteiger partial charge on any atom is 0.387 e. The molecule has 0 aliphatic carbocycles. The first-order valence-electron chi connectivity index (χ1n) is 8.30. The Hall–Kier alpha value is -3.42. The minimum atomic E-state index is -2.95. The van der Waals surface area contributed by atoms with Crippen molar-refractivity contribution in [1.82, 2.24) is 0 Å². The Labute approximate surface area is 159 Å². The zero-order valence-corrected chi connectivity index (χ0v) is 14.8. The van der Waals surface area contributed by atoms with E-state index in [0.29, 0.717) is 17.1 Å². The van der Waals surface area contributed by atoms with Crippen LogP contribution in [0, 0.1) is 0 Å². The van der Waals surface area contributed by atoms with E-state index in [0.717, 1.165) is 0 Å². The lowest BCUT2D eigenvalue weighted by molar-refractivity contribution is -0.140. The molecule has 0 spiro atoms. The van der Waals surface area contributed by atoms with Gasteiger partial charge >= 0.3 is 12.6 Å². The number of hydrogen-bond donors (Lipinski definition) is 0. The smallest absolute Gasteiger partial charge is 0.387 e. The first kappa shape index (κ1) is 19.3. The van der Waals surface area contributed by atoms with E-state index in [1.807, 2.05) is 0 Å². The molecule has 0 unspecified atom stereocenters. The number of ketones is 1. The highest BCUT2D eigenvalue weighted by molar-refractivity contribution is 6.01. The van der Waals surface area contributed by atoms with Crippen LogP contribution < -0.4 is 14.2 Å². The summed E-state index contributed by atoms with van der Waals surface area (Å²) in [6.07, 6.45) is 1.68. The van der Waals surface area contributed by atoms with Crippen molar-refractivity contribution in [1.29, 1.82) is 0 Å². The zero-order chi connectivity index (χ0) is 20.1. The number of fused-ring (bicyclic) bond motifs is 1. The van der Waals surface area contributed by atoms with Crippen molar-refractivity contribution < 1.29 is 37.3 Å². The van der Waals surface area contributed by atoms with Crippen molar-refractivity contribution in [2.24, 2.45) is 0 Å².